The Bertz CT molecular complexity index is 928. The van der Waals surface area contributed by atoms with Crippen molar-refractivity contribution < 1.29 is 19.4 Å². The van der Waals surface area contributed by atoms with Crippen molar-refractivity contribution in [2.24, 2.45) is 0 Å². The van der Waals surface area contributed by atoms with Gasteiger partial charge < -0.3 is 14.6 Å². The number of phenolic OH excluding ortho intramolecular Hbond substituents is 1. The number of hydrogen-bond acceptors (Lipinski definition) is 4. The summed E-state index contributed by atoms with van der Waals surface area (Å²) in [5.74, 6) is 0.465. The van der Waals surface area contributed by atoms with Gasteiger partial charge >= 0.3 is 0 Å². The van der Waals surface area contributed by atoms with E-state index in [9.17, 15) is 9.90 Å². The SMILES string of the molecule is COc1cc2c(c(O)c1C(=O)/C=C/c1ccc(Cl)c(C)c1)CCC(C)(C)O2. The molecule has 0 saturated carbocycles. The monoisotopic (exact) mass is 386 g/mol. The number of carbonyl (C=O) groups excluding carboxylic acids is 1. The van der Waals surface area contributed by atoms with Crippen LogP contribution in [0.5, 0.6) is 17.2 Å². The first-order valence-corrected chi connectivity index (χ1v) is 9.20. The Morgan fingerprint density at radius 1 is 1.33 bits per heavy atom. The maximum Gasteiger partial charge on any atom is 0.193 e. The van der Waals surface area contributed by atoms with Crippen molar-refractivity contribution in [3.05, 3.63) is 57.6 Å². The van der Waals surface area contributed by atoms with E-state index in [0.717, 1.165) is 17.5 Å². The molecule has 1 N–H and O–H groups in total. The summed E-state index contributed by atoms with van der Waals surface area (Å²) in [6.07, 6.45) is 4.52. The lowest BCUT2D eigenvalue weighted by Crippen LogP contribution is -2.32. The normalized spacial score (nSPS) is 15.3. The predicted molar refractivity (Wildman–Crippen MR) is 107 cm³/mol. The van der Waals surface area contributed by atoms with Crippen molar-refractivity contribution in [3.8, 4) is 17.2 Å². The first-order chi connectivity index (χ1) is 12.7. The number of benzene rings is 2. The molecule has 1 heterocycles. The molecular formula is C22H23ClO4. The summed E-state index contributed by atoms with van der Waals surface area (Å²) in [7, 11) is 1.47. The van der Waals surface area contributed by atoms with Crippen LogP contribution in [-0.4, -0.2) is 23.6 Å². The maximum absolute atomic E-state index is 12.8. The summed E-state index contributed by atoms with van der Waals surface area (Å²) in [6, 6.07) is 7.20. The highest BCUT2D eigenvalue weighted by Gasteiger charge is 2.31. The van der Waals surface area contributed by atoms with E-state index in [2.05, 4.69) is 0 Å². The lowest BCUT2D eigenvalue weighted by atomic mass is 9.91. The largest absolute Gasteiger partial charge is 0.507 e. The van der Waals surface area contributed by atoms with Crippen molar-refractivity contribution >= 4 is 23.5 Å². The summed E-state index contributed by atoms with van der Waals surface area (Å²) in [5.41, 5.74) is 2.27. The first kappa shape index (κ1) is 19.3. The molecule has 0 unspecified atom stereocenters. The molecule has 0 aliphatic carbocycles. The Balaban J connectivity index is 1.97. The first-order valence-electron chi connectivity index (χ1n) is 8.82. The number of aryl methyl sites for hydroxylation is 1. The number of allylic oxidation sites excluding steroid dienone is 1. The number of hydrogen-bond donors (Lipinski definition) is 1. The lowest BCUT2D eigenvalue weighted by Gasteiger charge is -2.33. The third kappa shape index (κ3) is 3.96. The number of carbonyl (C=O) groups is 1. The summed E-state index contributed by atoms with van der Waals surface area (Å²) < 4.78 is 11.3. The fraction of sp³-hybridized carbons (Fsp3) is 0.318. The maximum atomic E-state index is 12.8. The predicted octanol–water partition coefficient (Wildman–Crippen LogP) is 5.36. The quantitative estimate of drug-likeness (QED) is 0.567. The molecule has 4 nitrogen and oxygen atoms in total. The zero-order valence-electron chi connectivity index (χ0n) is 15.9. The van der Waals surface area contributed by atoms with E-state index in [4.69, 9.17) is 21.1 Å². The highest BCUT2D eigenvalue weighted by atomic mass is 35.5. The van der Waals surface area contributed by atoms with Gasteiger partial charge in [0.15, 0.2) is 5.78 Å². The van der Waals surface area contributed by atoms with Crippen molar-refractivity contribution in [2.45, 2.75) is 39.2 Å². The number of aromatic hydroxyl groups is 1. The molecule has 2 aromatic carbocycles. The van der Waals surface area contributed by atoms with Crippen LogP contribution < -0.4 is 9.47 Å². The van der Waals surface area contributed by atoms with E-state index in [0.29, 0.717) is 28.5 Å². The van der Waals surface area contributed by atoms with Crippen molar-refractivity contribution in [3.63, 3.8) is 0 Å². The standard InChI is InChI=1S/C22H23ClO4/c1-13-11-14(5-7-16(13)23)6-8-17(24)20-19(26-4)12-18-15(21(20)25)9-10-22(2,3)27-18/h5-8,11-12,25H,9-10H2,1-4H3/b8-6+. The zero-order valence-corrected chi connectivity index (χ0v) is 16.7. The fourth-order valence-electron chi connectivity index (χ4n) is 3.20. The Labute approximate surface area is 164 Å². The molecule has 142 valence electrons. The third-order valence-electron chi connectivity index (χ3n) is 4.77. The smallest absolute Gasteiger partial charge is 0.193 e. The Hall–Kier alpha value is -2.46. The molecule has 0 spiro atoms. The molecule has 27 heavy (non-hydrogen) atoms. The fourth-order valence-corrected chi connectivity index (χ4v) is 3.31. The summed E-state index contributed by atoms with van der Waals surface area (Å²) in [6.45, 7) is 5.89. The highest BCUT2D eigenvalue weighted by Crippen LogP contribution is 2.44. The Morgan fingerprint density at radius 2 is 2.07 bits per heavy atom. The minimum Gasteiger partial charge on any atom is -0.507 e. The van der Waals surface area contributed by atoms with Gasteiger partial charge in [0.1, 0.15) is 28.4 Å². The van der Waals surface area contributed by atoms with Crippen LogP contribution in [0, 0.1) is 6.92 Å². The molecule has 5 heteroatoms. The van der Waals surface area contributed by atoms with Crippen LogP contribution in [0.4, 0.5) is 0 Å². The van der Waals surface area contributed by atoms with Gasteiger partial charge in [-0.25, -0.2) is 0 Å². The number of fused-ring (bicyclic) bond motifs is 1. The van der Waals surface area contributed by atoms with Crippen LogP contribution in [0.1, 0.15) is 47.3 Å². The van der Waals surface area contributed by atoms with Gasteiger partial charge in [0.25, 0.3) is 0 Å². The average molecular weight is 387 g/mol. The van der Waals surface area contributed by atoms with Crippen LogP contribution in [0.25, 0.3) is 6.08 Å². The molecule has 0 bridgehead atoms. The molecule has 0 fully saturated rings. The molecule has 0 aromatic heterocycles. The second-order valence-electron chi connectivity index (χ2n) is 7.35. The molecule has 2 aromatic rings. The van der Waals surface area contributed by atoms with Crippen molar-refractivity contribution in [2.75, 3.05) is 7.11 Å². The number of methoxy groups -OCH3 is 1. The minimum absolute atomic E-state index is 0.0678. The van der Waals surface area contributed by atoms with Gasteiger partial charge in [0.2, 0.25) is 0 Å². The van der Waals surface area contributed by atoms with Crippen molar-refractivity contribution in [1.82, 2.24) is 0 Å². The van der Waals surface area contributed by atoms with E-state index in [1.807, 2.05) is 32.9 Å². The van der Waals surface area contributed by atoms with E-state index >= 15 is 0 Å². The second kappa shape index (κ2) is 7.28. The lowest BCUT2D eigenvalue weighted by molar-refractivity contribution is 0.0831. The van der Waals surface area contributed by atoms with Crippen molar-refractivity contribution in [1.29, 1.82) is 0 Å². The molecule has 0 radical (unpaired) electrons. The minimum atomic E-state index is -0.329. The van der Waals surface area contributed by atoms with Gasteiger partial charge in [-0.2, -0.15) is 0 Å². The molecule has 1 aliphatic heterocycles. The molecule has 3 rings (SSSR count). The van der Waals surface area contributed by atoms with Crippen LogP contribution in [0.3, 0.4) is 0 Å². The van der Waals surface area contributed by atoms with Gasteiger partial charge in [0.05, 0.1) is 7.11 Å². The summed E-state index contributed by atoms with van der Waals surface area (Å²) >= 11 is 6.03. The highest BCUT2D eigenvalue weighted by molar-refractivity contribution is 6.31. The number of ether oxygens (including phenoxy) is 2. The molecular weight excluding hydrogens is 364 g/mol. The number of ketones is 1. The van der Waals surface area contributed by atoms with Gasteiger partial charge in [-0.3, -0.25) is 4.79 Å². The molecule has 1 aliphatic rings. The van der Waals surface area contributed by atoms with Crippen LogP contribution >= 0.6 is 11.6 Å². The number of rotatable bonds is 4. The van der Waals surface area contributed by atoms with E-state index < -0.39 is 0 Å². The molecule has 0 atom stereocenters. The Morgan fingerprint density at radius 3 is 2.74 bits per heavy atom. The van der Waals surface area contributed by atoms with Gasteiger partial charge in [0, 0.05) is 16.7 Å². The van der Waals surface area contributed by atoms with E-state index in [-0.39, 0.29) is 22.7 Å². The van der Waals surface area contributed by atoms with Crippen LogP contribution in [0.2, 0.25) is 5.02 Å². The van der Waals surface area contributed by atoms with E-state index in [1.165, 1.54) is 13.2 Å². The number of phenols is 1. The summed E-state index contributed by atoms with van der Waals surface area (Å²) in [5, 5.41) is 11.4. The van der Waals surface area contributed by atoms with Gasteiger partial charge in [-0.05, 0) is 56.9 Å². The molecule has 0 amide bonds. The number of halogens is 1. The average Bonchev–Trinajstić information content (AvgIpc) is 2.61. The van der Waals surface area contributed by atoms with E-state index in [1.54, 1.807) is 18.2 Å². The van der Waals surface area contributed by atoms with Crippen LogP contribution in [-0.2, 0) is 6.42 Å². The zero-order chi connectivity index (χ0) is 19.8. The van der Waals surface area contributed by atoms with Gasteiger partial charge in [-0.1, -0.05) is 29.8 Å². The topological polar surface area (TPSA) is 55.8 Å². The second-order valence-corrected chi connectivity index (χ2v) is 7.75. The molecule has 0 saturated heterocycles. The third-order valence-corrected chi connectivity index (χ3v) is 5.19. The summed E-state index contributed by atoms with van der Waals surface area (Å²) in [4.78, 5) is 12.8. The van der Waals surface area contributed by atoms with Crippen LogP contribution in [0.15, 0.2) is 30.3 Å². The van der Waals surface area contributed by atoms with Gasteiger partial charge in [-0.15, -0.1) is 0 Å². The Kier molecular flexibility index (Phi) is 5.20.